The van der Waals surface area contributed by atoms with E-state index in [0.29, 0.717) is 0 Å². The van der Waals surface area contributed by atoms with Gasteiger partial charge in [0.15, 0.2) is 0 Å². The molecule has 0 radical (unpaired) electrons. The Hall–Kier alpha value is 1.12. The molecule has 112 valence electrons. The number of unbranched alkanes of at least 4 members (excludes halogenated alkanes) is 2. The smallest absolute Gasteiger partial charge is 0.854 e. The van der Waals surface area contributed by atoms with Crippen LogP contribution in [0.4, 0.5) is 0 Å². The molecule has 0 unspecified atom stereocenters. The van der Waals surface area contributed by atoms with Crippen LogP contribution >= 0.6 is 0 Å². The van der Waals surface area contributed by atoms with Gasteiger partial charge in [-0.2, -0.15) is 0 Å². The van der Waals surface area contributed by atoms with Crippen LogP contribution < -0.4 is 10.2 Å². The van der Waals surface area contributed by atoms with Crippen LogP contribution in [0.3, 0.4) is 0 Å². The second-order valence-corrected chi connectivity index (χ2v) is 18.7. The maximum Gasteiger partial charge on any atom is 2.00 e. The van der Waals surface area contributed by atoms with Crippen LogP contribution in [-0.2, 0) is 0 Å². The molecule has 2 nitrogen and oxygen atoms in total. The van der Waals surface area contributed by atoms with Gasteiger partial charge in [0.05, 0.1) is 0 Å². The molecule has 5 heteroatoms. The zero-order valence-corrected chi connectivity index (χ0v) is 17.6. The molecule has 0 spiro atoms. The largest absolute Gasteiger partial charge is 2.00 e. The molecular weight excluding hydrogens is 281 g/mol. The fourth-order valence-electron chi connectivity index (χ4n) is 1.51. The van der Waals surface area contributed by atoms with Crippen molar-refractivity contribution >= 4 is 39.2 Å². The molecule has 0 aromatic carbocycles. The van der Waals surface area contributed by atoms with Gasteiger partial charge in [0, 0.05) is 16.1 Å². The molecule has 0 aliphatic heterocycles. The first-order chi connectivity index (χ1) is 8.12. The van der Waals surface area contributed by atoms with Crippen LogP contribution in [-0.4, -0.2) is 52.4 Å². The SMILES string of the molecule is C[Si](C)(C)CCCC[O-].C[Si](C)(C)CCCC[O-].[Mg+2]. The van der Waals surface area contributed by atoms with Gasteiger partial charge >= 0.3 is 23.1 Å². The van der Waals surface area contributed by atoms with Crippen LogP contribution in [0.25, 0.3) is 0 Å². The first kappa shape index (κ1) is 25.1. The third kappa shape index (κ3) is 32.6. The molecule has 0 bridgehead atoms. The van der Waals surface area contributed by atoms with E-state index < -0.39 is 16.1 Å². The number of rotatable bonds is 8. The van der Waals surface area contributed by atoms with E-state index in [2.05, 4.69) is 39.3 Å². The maximum atomic E-state index is 10.0. The quantitative estimate of drug-likeness (QED) is 0.510. The van der Waals surface area contributed by atoms with Crippen molar-refractivity contribution in [2.45, 2.75) is 77.1 Å². The Bertz CT molecular complexity index is 157. The predicted molar refractivity (Wildman–Crippen MR) is 90.3 cm³/mol. The Morgan fingerprint density at radius 1 is 0.579 bits per heavy atom. The van der Waals surface area contributed by atoms with E-state index in [0.717, 1.165) is 25.7 Å². The molecule has 0 atom stereocenters. The average molecular weight is 315 g/mol. The van der Waals surface area contributed by atoms with Gasteiger partial charge < -0.3 is 10.2 Å². The molecule has 0 heterocycles. The summed E-state index contributed by atoms with van der Waals surface area (Å²) >= 11 is 0. The third-order valence-corrected chi connectivity index (χ3v) is 6.35. The average Bonchev–Trinajstić information content (AvgIpc) is 2.16. The zero-order valence-electron chi connectivity index (χ0n) is 14.2. The molecule has 0 rings (SSSR count). The Morgan fingerprint density at radius 2 is 0.842 bits per heavy atom. The molecule has 0 aliphatic rings. The van der Waals surface area contributed by atoms with Crippen molar-refractivity contribution < 1.29 is 10.2 Å². The van der Waals surface area contributed by atoms with E-state index in [4.69, 9.17) is 0 Å². The molecular formula is C14H34MgO2Si2. The summed E-state index contributed by atoms with van der Waals surface area (Å²) in [5.74, 6) is 0. The fourth-order valence-corrected chi connectivity index (χ4v) is 4.14. The summed E-state index contributed by atoms with van der Waals surface area (Å²) in [6.45, 7) is 14.3. The minimum atomic E-state index is -0.833. The minimum Gasteiger partial charge on any atom is -0.854 e. The topological polar surface area (TPSA) is 46.1 Å². The summed E-state index contributed by atoms with van der Waals surface area (Å²) in [6.07, 6.45) is 4.06. The van der Waals surface area contributed by atoms with Crippen LogP contribution in [0.15, 0.2) is 0 Å². The first-order valence-corrected chi connectivity index (χ1v) is 14.7. The second-order valence-electron chi connectivity index (χ2n) is 7.44. The van der Waals surface area contributed by atoms with E-state index in [9.17, 15) is 10.2 Å². The van der Waals surface area contributed by atoms with Gasteiger partial charge in [-0.3, -0.25) is 0 Å². The summed E-state index contributed by atoms with van der Waals surface area (Å²) in [7, 11) is -1.67. The van der Waals surface area contributed by atoms with Crippen molar-refractivity contribution in [3.63, 3.8) is 0 Å². The molecule has 0 N–H and O–H groups in total. The monoisotopic (exact) mass is 314 g/mol. The van der Waals surface area contributed by atoms with Gasteiger partial charge in [-0.25, -0.2) is 0 Å². The molecule has 0 amide bonds. The number of hydrogen-bond acceptors (Lipinski definition) is 2. The molecule has 0 saturated heterocycles. The Balaban J connectivity index is -0.000000256. The van der Waals surface area contributed by atoms with Gasteiger partial charge in [-0.1, -0.05) is 77.1 Å². The summed E-state index contributed by atoms with van der Waals surface area (Å²) in [4.78, 5) is 0. The van der Waals surface area contributed by atoms with E-state index in [1.54, 1.807) is 0 Å². The molecule has 19 heavy (non-hydrogen) atoms. The minimum absolute atomic E-state index is 0. The van der Waals surface area contributed by atoms with Gasteiger partial charge in [0.25, 0.3) is 0 Å². The molecule has 0 aromatic heterocycles. The van der Waals surface area contributed by atoms with Crippen LogP contribution in [0, 0.1) is 0 Å². The van der Waals surface area contributed by atoms with E-state index in [-0.39, 0.29) is 36.3 Å². The summed E-state index contributed by atoms with van der Waals surface area (Å²) in [6, 6.07) is 2.63. The zero-order chi connectivity index (χ0) is 14.7. The molecule has 0 saturated carbocycles. The van der Waals surface area contributed by atoms with E-state index in [1.807, 2.05) is 0 Å². The van der Waals surface area contributed by atoms with Gasteiger partial charge in [-0.05, 0) is 0 Å². The van der Waals surface area contributed by atoms with Crippen LogP contribution in [0.1, 0.15) is 25.7 Å². The van der Waals surface area contributed by atoms with E-state index in [1.165, 1.54) is 12.1 Å². The van der Waals surface area contributed by atoms with Crippen molar-refractivity contribution in [1.82, 2.24) is 0 Å². The van der Waals surface area contributed by atoms with Crippen LogP contribution in [0.2, 0.25) is 51.4 Å². The van der Waals surface area contributed by atoms with Crippen molar-refractivity contribution in [3.05, 3.63) is 0 Å². The van der Waals surface area contributed by atoms with Crippen molar-refractivity contribution in [2.24, 2.45) is 0 Å². The van der Waals surface area contributed by atoms with E-state index >= 15 is 0 Å². The first-order valence-electron chi connectivity index (χ1n) is 7.28. The molecule has 0 aliphatic carbocycles. The summed E-state index contributed by atoms with van der Waals surface area (Å²) in [5.41, 5.74) is 0. The van der Waals surface area contributed by atoms with Gasteiger partial charge in [0.1, 0.15) is 0 Å². The maximum absolute atomic E-state index is 10.0. The molecule has 0 fully saturated rings. The van der Waals surface area contributed by atoms with Gasteiger partial charge in [0.2, 0.25) is 0 Å². The predicted octanol–water partition coefficient (Wildman–Crippen LogP) is 2.55. The molecule has 0 aromatic rings. The van der Waals surface area contributed by atoms with Crippen molar-refractivity contribution in [2.75, 3.05) is 13.2 Å². The third-order valence-electron chi connectivity index (χ3n) is 2.64. The van der Waals surface area contributed by atoms with Gasteiger partial charge in [-0.15, -0.1) is 13.2 Å². The Labute approximate surface area is 139 Å². The standard InChI is InChI=1S/2C7H17OSi.Mg/c2*1-9(2,3)7-5-4-6-8;/h2*4-7H2,1-3H3;/q2*-1;+2. The summed E-state index contributed by atoms with van der Waals surface area (Å²) < 4.78 is 0. The van der Waals surface area contributed by atoms with Crippen molar-refractivity contribution in [1.29, 1.82) is 0 Å². The summed E-state index contributed by atoms with van der Waals surface area (Å²) in [5, 5.41) is 20.1. The second kappa shape index (κ2) is 14.1. The number of hydrogen-bond donors (Lipinski definition) is 0. The Morgan fingerprint density at radius 3 is 1.00 bits per heavy atom. The normalized spacial score (nSPS) is 11.4. The van der Waals surface area contributed by atoms with Crippen LogP contribution in [0.5, 0.6) is 0 Å². The Kier molecular flexibility index (Phi) is 18.6. The fraction of sp³-hybridized carbons (Fsp3) is 1.00. The van der Waals surface area contributed by atoms with Crippen molar-refractivity contribution in [3.8, 4) is 0 Å².